The Morgan fingerprint density at radius 2 is 2.12 bits per heavy atom. The molecule has 92 valence electrons. The van der Waals surface area contributed by atoms with Crippen molar-refractivity contribution >= 4 is 23.0 Å². The lowest BCUT2D eigenvalue weighted by molar-refractivity contribution is 0.0898. The zero-order chi connectivity index (χ0) is 11.8. The van der Waals surface area contributed by atoms with E-state index in [4.69, 9.17) is 22.1 Å². The SMILES string of the molecule is Nc1c(Cl)cccc1NC1CCOC1C1CC1. The number of benzene rings is 1. The van der Waals surface area contributed by atoms with Gasteiger partial charge in [0.25, 0.3) is 0 Å². The number of hydrogen-bond acceptors (Lipinski definition) is 3. The maximum atomic E-state index is 6.01. The lowest BCUT2D eigenvalue weighted by Crippen LogP contribution is -2.31. The van der Waals surface area contributed by atoms with Gasteiger partial charge in [-0.1, -0.05) is 17.7 Å². The van der Waals surface area contributed by atoms with E-state index in [-0.39, 0.29) is 0 Å². The Morgan fingerprint density at radius 3 is 2.88 bits per heavy atom. The molecule has 0 bridgehead atoms. The number of hydrogen-bond donors (Lipinski definition) is 2. The highest BCUT2D eigenvalue weighted by Crippen LogP contribution is 2.40. The van der Waals surface area contributed by atoms with Gasteiger partial charge >= 0.3 is 0 Å². The second-order valence-electron chi connectivity index (χ2n) is 4.91. The van der Waals surface area contributed by atoms with Crippen molar-refractivity contribution in [1.29, 1.82) is 0 Å². The molecule has 0 radical (unpaired) electrons. The number of rotatable bonds is 3. The maximum Gasteiger partial charge on any atom is 0.0804 e. The van der Waals surface area contributed by atoms with E-state index in [1.54, 1.807) is 0 Å². The van der Waals surface area contributed by atoms with Gasteiger partial charge in [0.15, 0.2) is 0 Å². The minimum absolute atomic E-state index is 0.355. The van der Waals surface area contributed by atoms with Crippen molar-refractivity contribution in [2.45, 2.75) is 31.4 Å². The summed E-state index contributed by atoms with van der Waals surface area (Å²) in [6.07, 6.45) is 4.00. The van der Waals surface area contributed by atoms with E-state index in [9.17, 15) is 0 Å². The molecule has 2 aliphatic rings. The summed E-state index contributed by atoms with van der Waals surface area (Å²) in [6, 6.07) is 6.08. The molecule has 17 heavy (non-hydrogen) atoms. The molecule has 1 aliphatic carbocycles. The van der Waals surface area contributed by atoms with Gasteiger partial charge in [-0.15, -0.1) is 0 Å². The summed E-state index contributed by atoms with van der Waals surface area (Å²) < 4.78 is 5.80. The first-order chi connectivity index (χ1) is 8.25. The number of para-hydroxylation sites is 1. The molecule has 2 atom stereocenters. The van der Waals surface area contributed by atoms with Crippen molar-refractivity contribution in [2.75, 3.05) is 17.7 Å². The van der Waals surface area contributed by atoms with E-state index in [0.29, 0.717) is 22.9 Å². The Bertz CT molecular complexity index is 420. The molecule has 0 spiro atoms. The minimum Gasteiger partial charge on any atom is -0.396 e. The van der Waals surface area contributed by atoms with Crippen LogP contribution < -0.4 is 11.1 Å². The third-order valence-corrected chi connectivity index (χ3v) is 3.95. The van der Waals surface area contributed by atoms with Crippen LogP contribution in [0.25, 0.3) is 0 Å². The summed E-state index contributed by atoms with van der Waals surface area (Å²) in [5.41, 5.74) is 7.53. The fraction of sp³-hybridized carbons (Fsp3) is 0.538. The molecule has 3 nitrogen and oxygen atoms in total. The molecule has 3 N–H and O–H groups in total. The highest BCUT2D eigenvalue weighted by Gasteiger charge is 2.40. The Hall–Kier alpha value is -0.930. The van der Waals surface area contributed by atoms with E-state index in [1.165, 1.54) is 12.8 Å². The lowest BCUT2D eigenvalue weighted by atomic mass is 10.1. The van der Waals surface area contributed by atoms with E-state index in [1.807, 2.05) is 18.2 Å². The standard InChI is InChI=1S/C13H17ClN2O/c14-9-2-1-3-10(12(9)15)16-11-6-7-17-13(11)8-4-5-8/h1-3,8,11,13,16H,4-7,15H2. The van der Waals surface area contributed by atoms with Crippen molar-refractivity contribution in [2.24, 2.45) is 5.92 Å². The smallest absolute Gasteiger partial charge is 0.0804 e. The fourth-order valence-electron chi connectivity index (χ4n) is 2.52. The molecule has 4 heteroatoms. The van der Waals surface area contributed by atoms with Crippen LogP contribution in [0.2, 0.25) is 5.02 Å². The summed E-state index contributed by atoms with van der Waals surface area (Å²) in [6.45, 7) is 0.847. The van der Waals surface area contributed by atoms with Crippen LogP contribution in [0.4, 0.5) is 11.4 Å². The molecule has 1 aromatic rings. The van der Waals surface area contributed by atoms with Crippen LogP contribution >= 0.6 is 11.6 Å². The van der Waals surface area contributed by atoms with E-state index >= 15 is 0 Å². The number of halogens is 1. The van der Waals surface area contributed by atoms with E-state index in [2.05, 4.69) is 5.32 Å². The largest absolute Gasteiger partial charge is 0.396 e. The highest BCUT2D eigenvalue weighted by molar-refractivity contribution is 6.33. The lowest BCUT2D eigenvalue weighted by Gasteiger charge is -2.21. The molecule has 3 rings (SSSR count). The number of ether oxygens (including phenoxy) is 1. The number of nitrogens with two attached hydrogens (primary N) is 1. The molecule has 2 unspecified atom stereocenters. The Labute approximate surface area is 106 Å². The molecule has 0 aromatic heterocycles. The zero-order valence-corrected chi connectivity index (χ0v) is 10.4. The van der Waals surface area contributed by atoms with Crippen LogP contribution in [-0.4, -0.2) is 18.8 Å². The molecule has 1 aromatic carbocycles. The Kier molecular flexibility index (Phi) is 2.89. The van der Waals surface area contributed by atoms with Gasteiger partial charge in [-0.05, 0) is 37.3 Å². The summed E-state index contributed by atoms with van der Waals surface area (Å²) >= 11 is 6.01. The van der Waals surface area contributed by atoms with Gasteiger partial charge in [0.05, 0.1) is 28.5 Å². The second-order valence-corrected chi connectivity index (χ2v) is 5.32. The van der Waals surface area contributed by atoms with Gasteiger partial charge in [0, 0.05) is 6.61 Å². The molecular formula is C13H17ClN2O. The molecule has 1 saturated heterocycles. The topological polar surface area (TPSA) is 47.3 Å². The van der Waals surface area contributed by atoms with Crippen LogP contribution in [0, 0.1) is 5.92 Å². The average Bonchev–Trinajstić information content (AvgIpc) is 3.06. The van der Waals surface area contributed by atoms with E-state index in [0.717, 1.165) is 24.6 Å². The van der Waals surface area contributed by atoms with Crippen LogP contribution in [0.1, 0.15) is 19.3 Å². The van der Waals surface area contributed by atoms with Crippen molar-refractivity contribution in [3.05, 3.63) is 23.2 Å². The monoisotopic (exact) mass is 252 g/mol. The van der Waals surface area contributed by atoms with Crippen LogP contribution in [0.5, 0.6) is 0 Å². The van der Waals surface area contributed by atoms with Crippen molar-refractivity contribution < 1.29 is 4.74 Å². The van der Waals surface area contributed by atoms with Crippen molar-refractivity contribution in [3.8, 4) is 0 Å². The Morgan fingerprint density at radius 1 is 1.29 bits per heavy atom. The van der Waals surface area contributed by atoms with Gasteiger partial charge in [0.1, 0.15) is 0 Å². The quantitative estimate of drug-likeness (QED) is 0.814. The number of nitrogens with one attached hydrogen (secondary N) is 1. The first kappa shape index (κ1) is 11.2. The van der Waals surface area contributed by atoms with Crippen molar-refractivity contribution in [1.82, 2.24) is 0 Å². The normalized spacial score (nSPS) is 28.3. The molecule has 0 amide bonds. The Balaban J connectivity index is 1.75. The van der Waals surface area contributed by atoms with Crippen LogP contribution in [0.3, 0.4) is 0 Å². The highest BCUT2D eigenvalue weighted by atomic mass is 35.5. The molecule has 1 saturated carbocycles. The summed E-state index contributed by atoms with van der Waals surface area (Å²) in [7, 11) is 0. The first-order valence-corrected chi connectivity index (χ1v) is 6.55. The third-order valence-electron chi connectivity index (χ3n) is 3.62. The molecule has 1 aliphatic heterocycles. The average molecular weight is 253 g/mol. The number of anilines is 2. The summed E-state index contributed by atoms with van der Waals surface area (Å²) in [5.74, 6) is 0.746. The van der Waals surface area contributed by atoms with Gasteiger partial charge in [-0.2, -0.15) is 0 Å². The second kappa shape index (κ2) is 4.39. The third kappa shape index (κ3) is 2.22. The van der Waals surface area contributed by atoms with Gasteiger partial charge in [0.2, 0.25) is 0 Å². The van der Waals surface area contributed by atoms with E-state index < -0.39 is 0 Å². The molecule has 1 heterocycles. The van der Waals surface area contributed by atoms with Crippen LogP contribution in [-0.2, 0) is 4.74 Å². The summed E-state index contributed by atoms with van der Waals surface area (Å²) in [5, 5.41) is 4.10. The number of nitrogen functional groups attached to an aromatic ring is 1. The predicted molar refractivity (Wildman–Crippen MR) is 70.4 cm³/mol. The predicted octanol–water partition coefficient (Wildman–Crippen LogP) is 2.90. The first-order valence-electron chi connectivity index (χ1n) is 6.18. The maximum absolute atomic E-state index is 6.01. The zero-order valence-electron chi connectivity index (χ0n) is 9.66. The van der Waals surface area contributed by atoms with Gasteiger partial charge in [-0.3, -0.25) is 0 Å². The van der Waals surface area contributed by atoms with Gasteiger partial charge in [-0.25, -0.2) is 0 Å². The fourth-order valence-corrected chi connectivity index (χ4v) is 2.69. The minimum atomic E-state index is 0.355. The van der Waals surface area contributed by atoms with Crippen molar-refractivity contribution in [3.63, 3.8) is 0 Å². The molecular weight excluding hydrogens is 236 g/mol. The van der Waals surface area contributed by atoms with Gasteiger partial charge < -0.3 is 15.8 Å². The van der Waals surface area contributed by atoms with Crippen LogP contribution in [0.15, 0.2) is 18.2 Å². The summed E-state index contributed by atoms with van der Waals surface area (Å²) in [4.78, 5) is 0. The molecule has 2 fully saturated rings.